The van der Waals surface area contributed by atoms with Crippen molar-refractivity contribution in [2.45, 2.75) is 37.6 Å². The summed E-state index contributed by atoms with van der Waals surface area (Å²) in [6.07, 6.45) is 3.17. The summed E-state index contributed by atoms with van der Waals surface area (Å²) in [4.78, 5) is 18.0. The number of piperidine rings is 1. The van der Waals surface area contributed by atoms with Crippen molar-refractivity contribution in [1.82, 2.24) is 9.80 Å². The highest BCUT2D eigenvalue weighted by atomic mass is 32.1. The Morgan fingerprint density at radius 1 is 0.889 bits per heavy atom. The number of rotatable bonds is 3. The van der Waals surface area contributed by atoms with Crippen LogP contribution in [0.2, 0.25) is 0 Å². The molecule has 3 aromatic carbocycles. The van der Waals surface area contributed by atoms with E-state index in [1.165, 1.54) is 5.56 Å². The monoisotopic (exact) mass is 500 g/mol. The van der Waals surface area contributed by atoms with Gasteiger partial charge in [-0.1, -0.05) is 60.7 Å². The third-order valence-electron chi connectivity index (χ3n) is 7.78. The quantitative estimate of drug-likeness (QED) is 0.297. The summed E-state index contributed by atoms with van der Waals surface area (Å²) in [6, 6.07) is 25.1. The van der Waals surface area contributed by atoms with Gasteiger partial charge in [0, 0.05) is 24.2 Å². The number of benzene rings is 3. The molecule has 2 aliphatic heterocycles. The molecule has 186 valence electrons. The first-order chi connectivity index (χ1) is 17.5. The van der Waals surface area contributed by atoms with Crippen molar-refractivity contribution < 1.29 is 9.18 Å². The maximum absolute atomic E-state index is 13.4. The first kappa shape index (κ1) is 24.7. The zero-order valence-electron chi connectivity index (χ0n) is 20.8. The fraction of sp³-hybridized carbons (Fsp3) is 0.323. The van der Waals surface area contributed by atoms with E-state index in [0.29, 0.717) is 5.92 Å². The fourth-order valence-corrected chi connectivity index (χ4v) is 6.13. The number of halogens is 1. The minimum Gasteiger partial charge on any atom is -0.337 e. The van der Waals surface area contributed by atoms with Crippen LogP contribution in [0.5, 0.6) is 0 Å². The summed E-state index contributed by atoms with van der Waals surface area (Å²) in [7, 11) is 0. The van der Waals surface area contributed by atoms with Gasteiger partial charge in [0.1, 0.15) is 5.82 Å². The van der Waals surface area contributed by atoms with Crippen LogP contribution in [-0.4, -0.2) is 47.4 Å². The van der Waals surface area contributed by atoms with Crippen LogP contribution in [0.3, 0.4) is 0 Å². The highest BCUT2D eigenvalue weighted by Gasteiger charge is 2.42. The molecule has 0 aliphatic carbocycles. The Kier molecular flexibility index (Phi) is 7.49. The zero-order chi connectivity index (χ0) is 25.0. The van der Waals surface area contributed by atoms with Crippen molar-refractivity contribution in [3.05, 3.63) is 107 Å². The second kappa shape index (κ2) is 10.9. The second-order valence-corrected chi connectivity index (χ2v) is 10.9. The lowest BCUT2D eigenvalue weighted by Crippen LogP contribution is -2.51. The molecule has 0 N–H and O–H groups in total. The van der Waals surface area contributed by atoms with E-state index < -0.39 is 0 Å². The molecule has 2 aliphatic rings. The third-order valence-corrected chi connectivity index (χ3v) is 8.41. The minimum atomic E-state index is -0.171. The van der Waals surface area contributed by atoms with Gasteiger partial charge in [-0.3, -0.25) is 9.69 Å². The zero-order valence-corrected chi connectivity index (χ0v) is 21.6. The first-order valence-electron chi connectivity index (χ1n) is 12.8. The highest BCUT2D eigenvalue weighted by molar-refractivity contribution is 7.07. The molecule has 1 unspecified atom stereocenters. The lowest BCUT2D eigenvalue weighted by atomic mass is 9.86. The van der Waals surface area contributed by atoms with Crippen LogP contribution >= 0.6 is 11.3 Å². The predicted octanol–water partition coefficient (Wildman–Crippen LogP) is 7.21. The lowest BCUT2D eigenvalue weighted by Gasteiger charge is -2.43. The molecular formula is C31H33FN2OS. The summed E-state index contributed by atoms with van der Waals surface area (Å²) in [6.45, 7) is 5.93. The van der Waals surface area contributed by atoms with Crippen LogP contribution in [0.4, 0.5) is 4.39 Å². The van der Waals surface area contributed by atoms with Gasteiger partial charge < -0.3 is 4.90 Å². The Hall–Kier alpha value is -3.02. The van der Waals surface area contributed by atoms with Crippen LogP contribution in [0, 0.1) is 5.82 Å². The average molecular weight is 501 g/mol. The molecule has 6 rings (SSSR count). The van der Waals surface area contributed by atoms with Crippen LogP contribution < -0.4 is 0 Å². The minimum absolute atomic E-state index is 0.0218. The number of carbonyl (C=O) groups excluding carboxylic acids is 1. The predicted molar refractivity (Wildman–Crippen MR) is 147 cm³/mol. The summed E-state index contributed by atoms with van der Waals surface area (Å²) in [5, 5.41) is 6.22. The normalized spacial score (nSPS) is 20.8. The Bertz CT molecular complexity index is 1260. The van der Waals surface area contributed by atoms with Gasteiger partial charge in [-0.2, -0.15) is 11.3 Å². The number of amides is 1. The largest absolute Gasteiger partial charge is 0.337 e. The van der Waals surface area contributed by atoms with Crippen LogP contribution in [0.25, 0.3) is 10.8 Å². The van der Waals surface area contributed by atoms with Gasteiger partial charge in [0.25, 0.3) is 5.91 Å². The second-order valence-electron chi connectivity index (χ2n) is 10.1. The molecule has 1 amide bonds. The highest BCUT2D eigenvalue weighted by Crippen LogP contribution is 2.36. The van der Waals surface area contributed by atoms with Crippen molar-refractivity contribution in [1.29, 1.82) is 0 Å². The average Bonchev–Trinajstić information content (AvgIpc) is 3.63. The molecule has 2 fully saturated rings. The Morgan fingerprint density at radius 3 is 2.28 bits per heavy atom. The van der Waals surface area contributed by atoms with Crippen molar-refractivity contribution in [2.75, 3.05) is 26.2 Å². The number of hydrogen-bond acceptors (Lipinski definition) is 3. The van der Waals surface area contributed by atoms with Crippen molar-refractivity contribution in [3.63, 3.8) is 0 Å². The van der Waals surface area contributed by atoms with Gasteiger partial charge >= 0.3 is 0 Å². The molecule has 3 nitrogen and oxygen atoms in total. The first-order valence-corrected chi connectivity index (χ1v) is 13.7. The summed E-state index contributed by atoms with van der Waals surface area (Å²) in [5.41, 5.74) is 2.07. The lowest BCUT2D eigenvalue weighted by molar-refractivity contribution is 0.0647. The maximum atomic E-state index is 13.4. The van der Waals surface area contributed by atoms with Gasteiger partial charge in [0.05, 0.1) is 0 Å². The van der Waals surface area contributed by atoms with Crippen molar-refractivity contribution >= 4 is 28.0 Å². The van der Waals surface area contributed by atoms with Crippen LogP contribution in [0.15, 0.2) is 89.6 Å². The SMILES string of the molecule is CC1(N2CCC(c3ccc(F)cc3)CC2)CCN(C(=O)c2cccc3ccccc23)C1.c1ccsc1. The molecule has 0 saturated carbocycles. The molecule has 3 heterocycles. The van der Waals surface area contributed by atoms with Crippen LogP contribution in [0.1, 0.15) is 48.0 Å². The van der Waals surface area contributed by atoms with E-state index in [-0.39, 0.29) is 17.3 Å². The van der Waals surface area contributed by atoms with E-state index in [1.54, 1.807) is 23.5 Å². The Morgan fingerprint density at radius 2 is 1.58 bits per heavy atom. The van der Waals surface area contributed by atoms with Gasteiger partial charge in [0.2, 0.25) is 0 Å². The molecule has 0 bridgehead atoms. The maximum Gasteiger partial charge on any atom is 0.254 e. The molecule has 0 spiro atoms. The standard InChI is InChI=1S/C27H29FN2O.C4H4S/c1-27(30-16-13-21(14-17-30)20-9-11-23(28)12-10-20)15-18-29(19-27)26(31)25-8-4-6-22-5-2-3-7-24(22)25;1-2-4-5-3-1/h2-12,21H,13-19H2,1H3;1-4H. The molecule has 4 aromatic rings. The summed E-state index contributed by atoms with van der Waals surface area (Å²) >= 11 is 1.71. The molecule has 36 heavy (non-hydrogen) atoms. The Balaban J connectivity index is 0.000000477. The van der Waals surface area contributed by atoms with E-state index in [0.717, 1.165) is 61.8 Å². The number of likely N-dealkylation sites (tertiary alicyclic amines) is 2. The number of fused-ring (bicyclic) bond motifs is 1. The van der Waals surface area contributed by atoms with Gasteiger partial charge in [-0.25, -0.2) is 4.39 Å². The smallest absolute Gasteiger partial charge is 0.254 e. The molecule has 5 heteroatoms. The van der Waals surface area contributed by atoms with E-state index >= 15 is 0 Å². The Labute approximate surface area is 217 Å². The van der Waals surface area contributed by atoms with Crippen LogP contribution in [-0.2, 0) is 0 Å². The van der Waals surface area contributed by atoms with Gasteiger partial charge in [-0.15, -0.1) is 0 Å². The van der Waals surface area contributed by atoms with E-state index in [2.05, 4.69) is 24.0 Å². The van der Waals surface area contributed by atoms with E-state index in [9.17, 15) is 9.18 Å². The topological polar surface area (TPSA) is 23.6 Å². The van der Waals surface area contributed by atoms with E-state index in [1.807, 2.05) is 70.3 Å². The van der Waals surface area contributed by atoms with Gasteiger partial charge in [0.15, 0.2) is 0 Å². The molecule has 1 aromatic heterocycles. The number of nitrogens with zero attached hydrogens (tertiary/aromatic N) is 2. The number of thiophene rings is 1. The molecule has 1 atom stereocenters. The molecular weight excluding hydrogens is 467 g/mol. The summed E-state index contributed by atoms with van der Waals surface area (Å²) < 4.78 is 13.2. The number of hydrogen-bond donors (Lipinski definition) is 0. The number of carbonyl (C=O) groups is 1. The van der Waals surface area contributed by atoms with Crippen molar-refractivity contribution in [2.24, 2.45) is 0 Å². The van der Waals surface area contributed by atoms with E-state index in [4.69, 9.17) is 0 Å². The fourth-order valence-electron chi connectivity index (χ4n) is 5.67. The van der Waals surface area contributed by atoms with Gasteiger partial charge in [-0.05, 0) is 90.5 Å². The third kappa shape index (κ3) is 5.37. The van der Waals surface area contributed by atoms with Crippen molar-refractivity contribution in [3.8, 4) is 0 Å². The summed E-state index contributed by atoms with van der Waals surface area (Å²) in [5.74, 6) is 0.465. The molecule has 0 radical (unpaired) electrons. The molecule has 2 saturated heterocycles.